The highest BCUT2D eigenvalue weighted by Crippen LogP contribution is 2.18. The third-order valence-electron chi connectivity index (χ3n) is 3.94. The molecule has 0 saturated carbocycles. The predicted octanol–water partition coefficient (Wildman–Crippen LogP) is 3.42. The van der Waals surface area contributed by atoms with Crippen LogP contribution >= 0.6 is 0 Å². The maximum atomic E-state index is 14.2. The van der Waals surface area contributed by atoms with E-state index in [2.05, 4.69) is 15.6 Å². The molecular weight excluding hydrogens is 335 g/mol. The van der Waals surface area contributed by atoms with Gasteiger partial charge in [0.25, 0.3) is 5.91 Å². The summed E-state index contributed by atoms with van der Waals surface area (Å²) in [6.07, 6.45) is 0. The van der Waals surface area contributed by atoms with Gasteiger partial charge in [-0.2, -0.15) is 0 Å². The smallest absolute Gasteiger partial charge is 0.278 e. The Labute approximate surface area is 150 Å². The van der Waals surface area contributed by atoms with Crippen LogP contribution in [0.4, 0.5) is 10.1 Å². The summed E-state index contributed by atoms with van der Waals surface area (Å²) >= 11 is 0. The first kappa shape index (κ1) is 17.8. The minimum atomic E-state index is -0.419. The average Bonchev–Trinajstić information content (AvgIpc) is 2.97. The Morgan fingerprint density at radius 1 is 1.23 bits per heavy atom. The number of aromatic nitrogens is 3. The number of anilines is 1. The minimum Gasteiger partial charge on any atom is -0.380 e. The van der Waals surface area contributed by atoms with Crippen molar-refractivity contribution in [2.45, 2.75) is 20.5 Å². The molecule has 3 aromatic rings. The number of rotatable bonds is 5. The SMILES string of the molecule is COCc1cccc(NC(=O)c2nnn(-c3ccc(C)cc3F)c2C)c1. The van der Waals surface area contributed by atoms with Crippen LogP contribution in [0.5, 0.6) is 0 Å². The van der Waals surface area contributed by atoms with Gasteiger partial charge in [-0.1, -0.05) is 23.4 Å². The molecule has 0 fully saturated rings. The van der Waals surface area contributed by atoms with E-state index < -0.39 is 11.7 Å². The fourth-order valence-electron chi connectivity index (χ4n) is 2.65. The number of aryl methyl sites for hydroxylation is 1. The summed E-state index contributed by atoms with van der Waals surface area (Å²) in [4.78, 5) is 12.5. The van der Waals surface area contributed by atoms with Crippen LogP contribution in [0.2, 0.25) is 0 Å². The molecule has 0 spiro atoms. The van der Waals surface area contributed by atoms with Gasteiger partial charge in [0.1, 0.15) is 11.5 Å². The molecule has 0 bridgehead atoms. The van der Waals surface area contributed by atoms with Crippen molar-refractivity contribution in [2.75, 3.05) is 12.4 Å². The van der Waals surface area contributed by atoms with E-state index in [1.54, 1.807) is 39.2 Å². The number of hydrogen-bond acceptors (Lipinski definition) is 4. The van der Waals surface area contributed by atoms with Gasteiger partial charge in [0.05, 0.1) is 12.3 Å². The Kier molecular flexibility index (Phi) is 5.09. The molecule has 0 aliphatic carbocycles. The first-order chi connectivity index (χ1) is 12.5. The fourth-order valence-corrected chi connectivity index (χ4v) is 2.65. The largest absolute Gasteiger partial charge is 0.380 e. The molecule has 0 aliphatic rings. The summed E-state index contributed by atoms with van der Waals surface area (Å²) in [5, 5.41) is 10.6. The minimum absolute atomic E-state index is 0.141. The van der Waals surface area contributed by atoms with Crippen molar-refractivity contribution in [3.8, 4) is 5.69 Å². The molecule has 26 heavy (non-hydrogen) atoms. The van der Waals surface area contributed by atoms with E-state index in [0.717, 1.165) is 11.1 Å². The summed E-state index contributed by atoms with van der Waals surface area (Å²) < 4.78 is 20.6. The highest BCUT2D eigenvalue weighted by molar-refractivity contribution is 6.03. The van der Waals surface area contributed by atoms with Crippen molar-refractivity contribution in [2.24, 2.45) is 0 Å². The van der Waals surface area contributed by atoms with E-state index in [-0.39, 0.29) is 11.4 Å². The number of nitrogens with one attached hydrogen (secondary N) is 1. The summed E-state index contributed by atoms with van der Waals surface area (Å²) in [6, 6.07) is 12.1. The van der Waals surface area contributed by atoms with Crippen LogP contribution in [-0.4, -0.2) is 28.0 Å². The Morgan fingerprint density at radius 2 is 2.04 bits per heavy atom. The van der Waals surface area contributed by atoms with Crippen LogP contribution < -0.4 is 5.32 Å². The number of hydrogen-bond donors (Lipinski definition) is 1. The lowest BCUT2D eigenvalue weighted by Gasteiger charge is -2.07. The molecule has 1 N–H and O–H groups in total. The Hall–Kier alpha value is -3.06. The number of amides is 1. The second-order valence-electron chi connectivity index (χ2n) is 5.98. The van der Waals surface area contributed by atoms with Crippen molar-refractivity contribution >= 4 is 11.6 Å². The van der Waals surface area contributed by atoms with Crippen molar-refractivity contribution in [3.63, 3.8) is 0 Å². The highest BCUT2D eigenvalue weighted by Gasteiger charge is 2.19. The van der Waals surface area contributed by atoms with Gasteiger partial charge in [0.2, 0.25) is 0 Å². The van der Waals surface area contributed by atoms with Crippen LogP contribution in [0.15, 0.2) is 42.5 Å². The van der Waals surface area contributed by atoms with Crippen LogP contribution in [0.25, 0.3) is 5.69 Å². The van der Waals surface area contributed by atoms with E-state index in [1.807, 2.05) is 18.2 Å². The molecule has 0 radical (unpaired) electrons. The normalized spacial score (nSPS) is 10.8. The molecule has 134 valence electrons. The Morgan fingerprint density at radius 3 is 2.77 bits per heavy atom. The number of nitrogens with zero attached hydrogens (tertiary/aromatic N) is 3. The first-order valence-electron chi connectivity index (χ1n) is 8.07. The number of halogens is 1. The zero-order valence-electron chi connectivity index (χ0n) is 14.8. The molecule has 0 atom stereocenters. The molecule has 0 saturated heterocycles. The number of methoxy groups -OCH3 is 1. The van der Waals surface area contributed by atoms with Crippen molar-refractivity contribution in [1.82, 2.24) is 15.0 Å². The zero-order chi connectivity index (χ0) is 18.7. The third kappa shape index (κ3) is 3.62. The van der Waals surface area contributed by atoms with Gasteiger partial charge in [-0.3, -0.25) is 4.79 Å². The fraction of sp³-hybridized carbons (Fsp3) is 0.211. The molecule has 6 nitrogen and oxygen atoms in total. The molecular formula is C19H19FN4O2. The number of benzene rings is 2. The molecule has 0 unspecified atom stereocenters. The summed E-state index contributed by atoms with van der Waals surface area (Å²) in [5.41, 5.74) is 3.22. The van der Waals surface area contributed by atoms with E-state index in [9.17, 15) is 9.18 Å². The lowest BCUT2D eigenvalue weighted by molar-refractivity contribution is 0.102. The van der Waals surface area contributed by atoms with Crippen LogP contribution in [0.3, 0.4) is 0 Å². The summed E-state index contributed by atoms with van der Waals surface area (Å²) in [6.45, 7) is 3.93. The van der Waals surface area contributed by atoms with Gasteiger partial charge < -0.3 is 10.1 Å². The van der Waals surface area contributed by atoms with E-state index >= 15 is 0 Å². The number of carbonyl (C=O) groups excluding carboxylic acids is 1. The Bertz CT molecular complexity index is 952. The quantitative estimate of drug-likeness (QED) is 0.762. The van der Waals surface area contributed by atoms with Gasteiger partial charge in [-0.15, -0.1) is 5.10 Å². The highest BCUT2D eigenvalue weighted by atomic mass is 19.1. The third-order valence-corrected chi connectivity index (χ3v) is 3.94. The Balaban J connectivity index is 1.85. The monoisotopic (exact) mass is 354 g/mol. The van der Waals surface area contributed by atoms with E-state index in [4.69, 9.17) is 4.74 Å². The van der Waals surface area contributed by atoms with Gasteiger partial charge in [0.15, 0.2) is 5.69 Å². The molecule has 7 heteroatoms. The lowest BCUT2D eigenvalue weighted by atomic mass is 10.2. The molecule has 2 aromatic carbocycles. The number of carbonyl (C=O) groups is 1. The van der Waals surface area contributed by atoms with Crippen molar-refractivity contribution in [3.05, 3.63) is 70.8 Å². The van der Waals surface area contributed by atoms with Gasteiger partial charge in [-0.25, -0.2) is 9.07 Å². The van der Waals surface area contributed by atoms with Crippen molar-refractivity contribution in [1.29, 1.82) is 0 Å². The van der Waals surface area contributed by atoms with Gasteiger partial charge >= 0.3 is 0 Å². The van der Waals surface area contributed by atoms with E-state index in [1.165, 1.54) is 10.7 Å². The zero-order valence-corrected chi connectivity index (χ0v) is 14.8. The molecule has 0 aliphatic heterocycles. The second-order valence-corrected chi connectivity index (χ2v) is 5.98. The standard InChI is InChI=1S/C19H19FN4O2/c1-12-7-8-17(16(20)9-12)24-13(2)18(22-23-24)19(25)21-15-6-4-5-14(10-15)11-26-3/h4-10H,11H2,1-3H3,(H,21,25). The molecule has 1 aromatic heterocycles. The van der Waals surface area contributed by atoms with E-state index in [0.29, 0.717) is 18.0 Å². The van der Waals surface area contributed by atoms with Crippen LogP contribution in [0.1, 0.15) is 27.3 Å². The molecule has 1 heterocycles. The van der Waals surface area contributed by atoms with Gasteiger partial charge in [-0.05, 0) is 49.2 Å². The topological polar surface area (TPSA) is 69.0 Å². The van der Waals surface area contributed by atoms with Crippen LogP contribution in [-0.2, 0) is 11.3 Å². The lowest BCUT2D eigenvalue weighted by Crippen LogP contribution is -2.14. The maximum Gasteiger partial charge on any atom is 0.278 e. The van der Waals surface area contributed by atoms with Gasteiger partial charge in [0, 0.05) is 12.8 Å². The maximum absolute atomic E-state index is 14.2. The van der Waals surface area contributed by atoms with Crippen LogP contribution in [0, 0.1) is 19.7 Å². The predicted molar refractivity (Wildman–Crippen MR) is 95.9 cm³/mol. The molecule has 3 rings (SSSR count). The molecule has 1 amide bonds. The number of ether oxygens (including phenoxy) is 1. The second kappa shape index (κ2) is 7.45. The summed E-state index contributed by atoms with van der Waals surface area (Å²) in [5.74, 6) is -0.826. The average molecular weight is 354 g/mol. The van der Waals surface area contributed by atoms with Crippen molar-refractivity contribution < 1.29 is 13.9 Å². The summed E-state index contributed by atoms with van der Waals surface area (Å²) in [7, 11) is 1.61. The first-order valence-corrected chi connectivity index (χ1v) is 8.07.